The van der Waals surface area contributed by atoms with Gasteiger partial charge in [-0.15, -0.1) is 24.0 Å². The molecule has 2 N–H and O–H groups in total. The maximum atomic E-state index is 4.80. The maximum absolute atomic E-state index is 4.80. The van der Waals surface area contributed by atoms with Gasteiger partial charge in [0.25, 0.3) is 0 Å². The first-order chi connectivity index (χ1) is 13.1. The van der Waals surface area contributed by atoms with Crippen LogP contribution in [0.25, 0.3) is 0 Å². The van der Waals surface area contributed by atoms with Gasteiger partial charge < -0.3 is 20.4 Å². The lowest BCUT2D eigenvalue weighted by Crippen LogP contribution is -2.39. The first-order valence-electron chi connectivity index (χ1n) is 10.6. The number of likely N-dealkylation sites (N-methyl/N-ethyl adjacent to an activating group) is 1. The zero-order valence-corrected chi connectivity index (χ0v) is 20.5. The molecule has 28 heavy (non-hydrogen) atoms. The maximum Gasteiger partial charge on any atom is 0.191 e. The third kappa shape index (κ3) is 9.56. The summed E-state index contributed by atoms with van der Waals surface area (Å²) >= 11 is 0. The lowest BCUT2D eigenvalue weighted by Gasteiger charge is -2.20. The Kier molecular flexibility index (Phi) is 12.7. The second-order valence-corrected chi connectivity index (χ2v) is 7.81. The van der Waals surface area contributed by atoms with E-state index in [-0.39, 0.29) is 24.0 Å². The highest BCUT2D eigenvalue weighted by molar-refractivity contribution is 14.0. The molecule has 0 amide bonds. The van der Waals surface area contributed by atoms with Gasteiger partial charge in [0.15, 0.2) is 5.96 Å². The largest absolute Gasteiger partial charge is 0.357 e. The molecule has 5 nitrogen and oxygen atoms in total. The topological polar surface area (TPSA) is 42.9 Å². The molecule has 1 saturated heterocycles. The fourth-order valence-electron chi connectivity index (χ4n) is 3.40. The Hall–Kier alpha value is -0.860. The van der Waals surface area contributed by atoms with E-state index in [4.69, 9.17) is 4.99 Å². The molecular weight excluding hydrogens is 461 g/mol. The quantitative estimate of drug-likeness (QED) is 0.248. The summed E-state index contributed by atoms with van der Waals surface area (Å²) in [5.74, 6) is 1.36. The van der Waals surface area contributed by atoms with E-state index in [1.807, 2.05) is 0 Å². The zero-order valence-electron chi connectivity index (χ0n) is 18.2. The van der Waals surface area contributed by atoms with Gasteiger partial charge in [-0.25, -0.2) is 0 Å². The summed E-state index contributed by atoms with van der Waals surface area (Å²) in [5, 5.41) is 6.87. The minimum atomic E-state index is 0. The fourth-order valence-corrected chi connectivity index (χ4v) is 3.40. The molecule has 1 unspecified atom stereocenters. The van der Waals surface area contributed by atoms with Crippen molar-refractivity contribution in [2.24, 2.45) is 4.99 Å². The van der Waals surface area contributed by atoms with Crippen LogP contribution in [0, 0.1) is 6.92 Å². The molecule has 0 saturated carbocycles. The van der Waals surface area contributed by atoms with Crippen LogP contribution in [0.4, 0.5) is 0 Å². The Morgan fingerprint density at radius 3 is 2.57 bits per heavy atom. The minimum Gasteiger partial charge on any atom is -0.357 e. The first-order valence-corrected chi connectivity index (χ1v) is 10.6. The van der Waals surface area contributed by atoms with Gasteiger partial charge in [0.05, 0.1) is 0 Å². The van der Waals surface area contributed by atoms with Crippen LogP contribution in [-0.4, -0.2) is 75.2 Å². The third-order valence-corrected chi connectivity index (χ3v) is 5.27. The van der Waals surface area contributed by atoms with E-state index >= 15 is 0 Å². The van der Waals surface area contributed by atoms with Crippen LogP contribution in [-0.2, 0) is 0 Å². The standard InChI is InChI=1S/C22H39N5.HI/c1-5-23-22(25-18-20(3)21-10-8-19(2)9-11-21)24-12-6-14-27-15-7-13-26(4)16-17-27;/h8-11,20H,5-7,12-18H2,1-4H3,(H2,23,24,25);1H. The number of nitrogens with zero attached hydrogens (tertiary/aromatic N) is 3. The smallest absolute Gasteiger partial charge is 0.191 e. The Labute approximate surface area is 189 Å². The summed E-state index contributed by atoms with van der Waals surface area (Å²) in [6, 6.07) is 8.79. The van der Waals surface area contributed by atoms with Crippen LogP contribution in [0.5, 0.6) is 0 Å². The summed E-state index contributed by atoms with van der Waals surface area (Å²) in [4.78, 5) is 9.82. The van der Waals surface area contributed by atoms with Crippen LogP contribution in [0.2, 0.25) is 0 Å². The Morgan fingerprint density at radius 2 is 1.86 bits per heavy atom. The summed E-state index contributed by atoms with van der Waals surface area (Å²) < 4.78 is 0. The van der Waals surface area contributed by atoms with E-state index in [1.165, 1.54) is 50.3 Å². The van der Waals surface area contributed by atoms with E-state index < -0.39 is 0 Å². The molecule has 0 spiro atoms. The molecule has 0 aliphatic carbocycles. The number of benzene rings is 1. The van der Waals surface area contributed by atoms with E-state index in [0.717, 1.165) is 32.0 Å². The van der Waals surface area contributed by atoms with Gasteiger partial charge in [0.1, 0.15) is 0 Å². The average molecular weight is 502 g/mol. The van der Waals surface area contributed by atoms with Crippen molar-refractivity contribution >= 4 is 29.9 Å². The van der Waals surface area contributed by atoms with E-state index in [2.05, 4.69) is 72.5 Å². The predicted octanol–water partition coefficient (Wildman–Crippen LogP) is 3.30. The number of rotatable bonds is 8. The number of aryl methyl sites for hydroxylation is 1. The SMILES string of the molecule is CCNC(=NCC(C)c1ccc(C)cc1)NCCCN1CCCN(C)CC1.I. The number of aliphatic imine (C=N–C) groups is 1. The van der Waals surface area contributed by atoms with Gasteiger partial charge >= 0.3 is 0 Å². The van der Waals surface area contributed by atoms with Crippen molar-refractivity contribution in [3.05, 3.63) is 35.4 Å². The molecule has 1 aliphatic heterocycles. The van der Waals surface area contributed by atoms with E-state index in [9.17, 15) is 0 Å². The van der Waals surface area contributed by atoms with Crippen LogP contribution in [0.1, 0.15) is 43.7 Å². The molecule has 160 valence electrons. The predicted molar refractivity (Wildman–Crippen MR) is 132 cm³/mol. The molecule has 1 aromatic carbocycles. The number of halogens is 1. The van der Waals surface area contributed by atoms with Crippen LogP contribution >= 0.6 is 24.0 Å². The lowest BCUT2D eigenvalue weighted by molar-refractivity contribution is 0.274. The number of guanidine groups is 1. The number of hydrogen-bond acceptors (Lipinski definition) is 3. The Bertz CT molecular complexity index is 561. The van der Waals surface area contributed by atoms with Crippen molar-refractivity contribution in [1.29, 1.82) is 0 Å². The van der Waals surface area contributed by atoms with Crippen LogP contribution in [0.15, 0.2) is 29.3 Å². The van der Waals surface area contributed by atoms with Crippen molar-refractivity contribution in [3.8, 4) is 0 Å². The summed E-state index contributed by atoms with van der Waals surface area (Å²) in [6.45, 7) is 15.2. The molecule has 1 heterocycles. The number of nitrogens with one attached hydrogen (secondary N) is 2. The molecule has 1 fully saturated rings. The van der Waals surface area contributed by atoms with Crippen molar-refractivity contribution in [1.82, 2.24) is 20.4 Å². The van der Waals surface area contributed by atoms with E-state index in [0.29, 0.717) is 5.92 Å². The normalized spacial score (nSPS) is 17.5. The van der Waals surface area contributed by atoms with Gasteiger partial charge in [-0.3, -0.25) is 4.99 Å². The van der Waals surface area contributed by atoms with Crippen LogP contribution in [0.3, 0.4) is 0 Å². The zero-order chi connectivity index (χ0) is 19.5. The van der Waals surface area contributed by atoms with Gasteiger partial charge in [-0.2, -0.15) is 0 Å². The number of hydrogen-bond donors (Lipinski definition) is 2. The van der Waals surface area contributed by atoms with Crippen molar-refractivity contribution < 1.29 is 0 Å². The Morgan fingerprint density at radius 1 is 1.11 bits per heavy atom. The van der Waals surface area contributed by atoms with Crippen molar-refractivity contribution in [2.45, 2.75) is 39.5 Å². The summed E-state index contributed by atoms with van der Waals surface area (Å²) in [6.07, 6.45) is 2.44. The molecule has 0 radical (unpaired) electrons. The molecular formula is C22H40IN5. The highest BCUT2D eigenvalue weighted by Gasteiger charge is 2.11. The minimum absolute atomic E-state index is 0. The molecule has 6 heteroatoms. The van der Waals surface area contributed by atoms with Gasteiger partial charge in [0.2, 0.25) is 0 Å². The lowest BCUT2D eigenvalue weighted by atomic mass is 10.0. The average Bonchev–Trinajstić information content (AvgIpc) is 2.87. The second kappa shape index (κ2) is 14.2. The highest BCUT2D eigenvalue weighted by Crippen LogP contribution is 2.15. The van der Waals surface area contributed by atoms with E-state index in [1.54, 1.807) is 0 Å². The molecule has 1 aliphatic rings. The van der Waals surface area contributed by atoms with Crippen LogP contribution < -0.4 is 10.6 Å². The Balaban J connectivity index is 0.00000392. The van der Waals surface area contributed by atoms with Gasteiger partial charge in [-0.05, 0) is 58.9 Å². The third-order valence-electron chi connectivity index (χ3n) is 5.27. The van der Waals surface area contributed by atoms with Gasteiger partial charge in [0, 0.05) is 38.6 Å². The molecule has 0 aromatic heterocycles. The fraction of sp³-hybridized carbons (Fsp3) is 0.682. The molecule has 2 rings (SSSR count). The second-order valence-electron chi connectivity index (χ2n) is 7.81. The summed E-state index contributed by atoms with van der Waals surface area (Å²) in [7, 11) is 2.22. The molecule has 0 bridgehead atoms. The first kappa shape index (κ1) is 25.2. The van der Waals surface area contributed by atoms with Crippen molar-refractivity contribution in [3.63, 3.8) is 0 Å². The highest BCUT2D eigenvalue weighted by atomic mass is 127. The monoisotopic (exact) mass is 501 g/mol. The molecule has 1 aromatic rings. The van der Waals surface area contributed by atoms with Gasteiger partial charge in [-0.1, -0.05) is 36.8 Å². The van der Waals surface area contributed by atoms with Crippen molar-refractivity contribution in [2.75, 3.05) is 59.4 Å². The molecule has 1 atom stereocenters. The summed E-state index contributed by atoms with van der Waals surface area (Å²) in [5.41, 5.74) is 2.66.